The van der Waals surface area contributed by atoms with Gasteiger partial charge in [0.25, 0.3) is 5.91 Å². The van der Waals surface area contributed by atoms with Gasteiger partial charge in [-0.25, -0.2) is 0 Å². The van der Waals surface area contributed by atoms with Crippen LogP contribution in [0.25, 0.3) is 0 Å². The molecule has 0 aliphatic heterocycles. The summed E-state index contributed by atoms with van der Waals surface area (Å²) < 4.78 is 6.31. The fourth-order valence-corrected chi connectivity index (χ4v) is 2.83. The Balaban J connectivity index is 1.87. The van der Waals surface area contributed by atoms with Gasteiger partial charge in [0, 0.05) is 10.5 Å². The number of halogens is 1. The number of hydrogen-bond acceptors (Lipinski definition) is 3. The van der Waals surface area contributed by atoms with Crippen molar-refractivity contribution in [2.75, 3.05) is 6.61 Å². The van der Waals surface area contributed by atoms with Crippen molar-refractivity contribution in [1.29, 1.82) is 0 Å². The van der Waals surface area contributed by atoms with E-state index in [9.17, 15) is 14.7 Å². The van der Waals surface area contributed by atoms with Crippen LogP contribution >= 0.6 is 15.9 Å². The number of carbonyl (C=O) groups excluding carboxylic acids is 1. The van der Waals surface area contributed by atoms with Crippen LogP contribution < -0.4 is 10.1 Å². The van der Waals surface area contributed by atoms with Crippen molar-refractivity contribution in [2.45, 2.75) is 32.2 Å². The smallest absolute Gasteiger partial charge is 0.311 e. The van der Waals surface area contributed by atoms with Crippen LogP contribution in [0.15, 0.2) is 28.7 Å². The van der Waals surface area contributed by atoms with Gasteiger partial charge in [0.2, 0.25) is 0 Å². The van der Waals surface area contributed by atoms with Crippen LogP contribution in [-0.2, 0) is 9.59 Å². The number of hydrogen-bond donors (Lipinski definition) is 2. The lowest BCUT2D eigenvalue weighted by atomic mass is 9.85. The van der Waals surface area contributed by atoms with Crippen LogP contribution in [0.1, 0.15) is 26.2 Å². The highest BCUT2D eigenvalue weighted by atomic mass is 79.9. The van der Waals surface area contributed by atoms with Crippen LogP contribution in [0, 0.1) is 5.41 Å². The molecule has 5 nitrogen and oxygen atoms in total. The Hall–Kier alpha value is -1.56. The van der Waals surface area contributed by atoms with Gasteiger partial charge in [-0.2, -0.15) is 0 Å². The van der Waals surface area contributed by atoms with Crippen molar-refractivity contribution in [2.24, 2.45) is 5.41 Å². The number of carboxylic acids is 1. The molecule has 0 radical (unpaired) electrons. The second-order valence-corrected chi connectivity index (χ2v) is 6.39. The first-order valence-corrected chi connectivity index (χ1v) is 7.62. The molecule has 0 saturated heterocycles. The van der Waals surface area contributed by atoms with Crippen LogP contribution in [0.3, 0.4) is 0 Å². The third-order valence-corrected chi connectivity index (χ3v) is 4.49. The molecule has 2 unspecified atom stereocenters. The highest BCUT2D eigenvalue weighted by Gasteiger charge is 2.45. The summed E-state index contributed by atoms with van der Waals surface area (Å²) in [7, 11) is 0. The minimum atomic E-state index is -0.882. The van der Waals surface area contributed by atoms with Crippen LogP contribution in [0.5, 0.6) is 5.75 Å². The zero-order chi connectivity index (χ0) is 15.5. The highest BCUT2D eigenvalue weighted by Crippen LogP contribution is 2.38. The summed E-state index contributed by atoms with van der Waals surface area (Å²) in [5.41, 5.74) is -0.882. The molecule has 0 spiro atoms. The number of ether oxygens (including phenoxy) is 1. The molecule has 2 atom stereocenters. The maximum Gasteiger partial charge on any atom is 0.311 e. The summed E-state index contributed by atoms with van der Waals surface area (Å²) in [6.45, 7) is 1.57. The molecular weight excluding hydrogens is 338 g/mol. The van der Waals surface area contributed by atoms with Crippen molar-refractivity contribution >= 4 is 27.8 Å². The van der Waals surface area contributed by atoms with Crippen molar-refractivity contribution in [3.63, 3.8) is 0 Å². The molecular formula is C15H18BrNO4. The van der Waals surface area contributed by atoms with E-state index in [1.807, 2.05) is 12.1 Å². The van der Waals surface area contributed by atoms with E-state index in [0.29, 0.717) is 18.6 Å². The average Bonchev–Trinajstić information content (AvgIpc) is 2.81. The number of carbonyl (C=O) groups is 2. The average molecular weight is 356 g/mol. The van der Waals surface area contributed by atoms with Gasteiger partial charge in [-0.15, -0.1) is 0 Å². The Morgan fingerprint density at radius 3 is 2.71 bits per heavy atom. The molecule has 1 amide bonds. The monoisotopic (exact) mass is 355 g/mol. The quantitative estimate of drug-likeness (QED) is 0.850. The van der Waals surface area contributed by atoms with Crippen molar-refractivity contribution in [3.05, 3.63) is 28.7 Å². The summed E-state index contributed by atoms with van der Waals surface area (Å²) in [6.07, 6.45) is 2.08. The molecule has 0 heterocycles. The maximum atomic E-state index is 11.9. The lowest BCUT2D eigenvalue weighted by molar-refractivity contribution is -0.149. The molecule has 2 rings (SSSR count). The molecule has 1 fully saturated rings. The first-order chi connectivity index (χ1) is 9.91. The molecule has 1 aliphatic rings. The second kappa shape index (κ2) is 6.47. The Morgan fingerprint density at radius 1 is 1.43 bits per heavy atom. The van der Waals surface area contributed by atoms with E-state index >= 15 is 0 Å². The first-order valence-electron chi connectivity index (χ1n) is 6.83. The zero-order valence-corrected chi connectivity index (χ0v) is 13.4. The molecule has 1 aromatic rings. The van der Waals surface area contributed by atoms with E-state index in [4.69, 9.17) is 4.74 Å². The summed E-state index contributed by atoms with van der Waals surface area (Å²) in [5.74, 6) is -0.558. The number of carboxylic acid groups (broad SMARTS) is 1. The standard InChI is InChI=1S/C15H18BrNO4/c1-15(14(19)20)8-2-3-12(15)17-13(18)9-21-11-6-4-10(16)5-7-11/h4-7,12H,2-3,8-9H2,1H3,(H,17,18)(H,19,20). The van der Waals surface area contributed by atoms with Crippen LogP contribution in [0.4, 0.5) is 0 Å². The van der Waals surface area contributed by atoms with Gasteiger partial charge in [0.15, 0.2) is 6.61 Å². The van der Waals surface area contributed by atoms with Gasteiger partial charge in [-0.1, -0.05) is 22.4 Å². The Bertz CT molecular complexity index is 531. The highest BCUT2D eigenvalue weighted by molar-refractivity contribution is 9.10. The largest absolute Gasteiger partial charge is 0.484 e. The van der Waals surface area contributed by atoms with Gasteiger partial charge in [0.1, 0.15) is 5.75 Å². The molecule has 0 aromatic heterocycles. The molecule has 0 bridgehead atoms. The minimum Gasteiger partial charge on any atom is -0.484 e. The molecule has 1 saturated carbocycles. The topological polar surface area (TPSA) is 75.6 Å². The van der Waals surface area contributed by atoms with Crippen LogP contribution in [0.2, 0.25) is 0 Å². The van der Waals surface area contributed by atoms with Crippen LogP contribution in [-0.4, -0.2) is 29.6 Å². The van der Waals surface area contributed by atoms with Crippen molar-refractivity contribution in [3.8, 4) is 5.75 Å². The van der Waals surface area contributed by atoms with E-state index in [0.717, 1.165) is 10.9 Å². The predicted octanol–water partition coefficient (Wildman–Crippen LogP) is 2.59. The Labute approximate surface area is 131 Å². The normalized spacial score (nSPS) is 24.6. The summed E-state index contributed by atoms with van der Waals surface area (Å²) in [6, 6.07) is 6.83. The van der Waals surface area contributed by atoms with Gasteiger partial charge in [-0.05, 0) is 44.0 Å². The van der Waals surface area contributed by atoms with Gasteiger partial charge in [-0.3, -0.25) is 9.59 Å². The third kappa shape index (κ3) is 3.75. The lowest BCUT2D eigenvalue weighted by Gasteiger charge is -2.27. The molecule has 114 valence electrons. The van der Waals surface area contributed by atoms with Crippen molar-refractivity contribution in [1.82, 2.24) is 5.32 Å². The SMILES string of the molecule is CC1(C(=O)O)CCCC1NC(=O)COc1ccc(Br)cc1. The molecule has 1 aromatic carbocycles. The van der Waals surface area contributed by atoms with E-state index in [2.05, 4.69) is 21.2 Å². The number of amides is 1. The summed E-state index contributed by atoms with van der Waals surface area (Å²) in [4.78, 5) is 23.3. The number of nitrogens with one attached hydrogen (secondary N) is 1. The van der Waals surface area contributed by atoms with E-state index in [-0.39, 0.29) is 18.6 Å². The Morgan fingerprint density at radius 2 is 2.10 bits per heavy atom. The third-order valence-electron chi connectivity index (χ3n) is 3.97. The van der Waals surface area contributed by atoms with E-state index in [1.165, 1.54) is 0 Å². The van der Waals surface area contributed by atoms with Gasteiger partial charge >= 0.3 is 5.97 Å². The van der Waals surface area contributed by atoms with Crippen molar-refractivity contribution < 1.29 is 19.4 Å². The summed E-state index contributed by atoms with van der Waals surface area (Å²) >= 11 is 3.32. The fourth-order valence-electron chi connectivity index (χ4n) is 2.57. The lowest BCUT2D eigenvalue weighted by Crippen LogP contribution is -2.48. The number of aliphatic carboxylic acids is 1. The zero-order valence-electron chi connectivity index (χ0n) is 11.8. The minimum absolute atomic E-state index is 0.117. The number of benzene rings is 1. The number of rotatable bonds is 5. The first kappa shape index (κ1) is 15.8. The van der Waals surface area contributed by atoms with E-state index < -0.39 is 11.4 Å². The van der Waals surface area contributed by atoms with Gasteiger partial charge < -0.3 is 15.2 Å². The summed E-state index contributed by atoms with van der Waals surface area (Å²) in [5, 5.41) is 12.1. The predicted molar refractivity (Wildman–Crippen MR) is 81.2 cm³/mol. The molecule has 21 heavy (non-hydrogen) atoms. The molecule has 6 heteroatoms. The molecule has 1 aliphatic carbocycles. The Kier molecular flexibility index (Phi) is 4.88. The molecule has 2 N–H and O–H groups in total. The maximum absolute atomic E-state index is 11.9. The second-order valence-electron chi connectivity index (χ2n) is 5.48. The fraction of sp³-hybridized carbons (Fsp3) is 0.467. The van der Waals surface area contributed by atoms with Gasteiger partial charge in [0.05, 0.1) is 5.41 Å². The van der Waals surface area contributed by atoms with E-state index in [1.54, 1.807) is 19.1 Å².